The molecule has 2 heterocycles. The Morgan fingerprint density at radius 2 is 2.16 bits per heavy atom. The van der Waals surface area contributed by atoms with E-state index in [1.165, 1.54) is 6.20 Å². The summed E-state index contributed by atoms with van der Waals surface area (Å²) in [5.74, 6) is 0.206. The highest BCUT2D eigenvalue weighted by molar-refractivity contribution is 6.36. The van der Waals surface area contributed by atoms with E-state index in [0.717, 1.165) is 25.9 Å². The normalized spacial score (nSPS) is 17.4. The van der Waals surface area contributed by atoms with Crippen molar-refractivity contribution in [2.24, 2.45) is 5.73 Å². The van der Waals surface area contributed by atoms with Crippen molar-refractivity contribution in [3.8, 4) is 0 Å². The number of pyridine rings is 1. The molecular weight excluding hydrogens is 287 g/mol. The third kappa shape index (κ3) is 4.31. The highest BCUT2D eigenvalue weighted by Gasteiger charge is 2.18. The molecule has 19 heavy (non-hydrogen) atoms. The predicted molar refractivity (Wildman–Crippen MR) is 76.5 cm³/mol. The topological polar surface area (TPSA) is 71.2 Å². The highest BCUT2D eigenvalue weighted by Crippen LogP contribution is 2.22. The smallest absolute Gasteiger partial charge is 0.239 e. The van der Waals surface area contributed by atoms with Crippen LogP contribution in [0.2, 0.25) is 10.0 Å². The zero-order valence-corrected chi connectivity index (χ0v) is 11.9. The van der Waals surface area contributed by atoms with Gasteiger partial charge in [-0.05, 0) is 18.9 Å². The molecule has 5 nitrogen and oxygen atoms in total. The third-order valence-corrected chi connectivity index (χ3v) is 3.56. The number of hydrogen-bond acceptors (Lipinski definition) is 4. The predicted octanol–water partition coefficient (Wildman–Crippen LogP) is 1.75. The van der Waals surface area contributed by atoms with E-state index in [4.69, 9.17) is 28.9 Å². The van der Waals surface area contributed by atoms with Gasteiger partial charge in [-0.2, -0.15) is 0 Å². The number of hydrogen-bond donors (Lipinski definition) is 2. The molecule has 1 aromatic rings. The van der Waals surface area contributed by atoms with Crippen molar-refractivity contribution in [2.75, 3.05) is 25.0 Å². The molecular formula is C12H16Cl2N4O. The molecule has 1 aliphatic heterocycles. The van der Waals surface area contributed by atoms with Crippen LogP contribution in [0.1, 0.15) is 12.8 Å². The Hall–Kier alpha value is -0.880. The van der Waals surface area contributed by atoms with Crippen LogP contribution in [0.25, 0.3) is 0 Å². The Morgan fingerprint density at radius 3 is 2.79 bits per heavy atom. The van der Waals surface area contributed by atoms with Gasteiger partial charge in [-0.15, -0.1) is 0 Å². The second-order valence-corrected chi connectivity index (χ2v) is 5.49. The average molecular weight is 303 g/mol. The van der Waals surface area contributed by atoms with Crippen LogP contribution in [0.15, 0.2) is 12.3 Å². The van der Waals surface area contributed by atoms with Gasteiger partial charge in [0.15, 0.2) is 5.82 Å². The molecule has 0 saturated carbocycles. The van der Waals surface area contributed by atoms with Crippen molar-refractivity contribution < 1.29 is 4.79 Å². The average Bonchev–Trinajstić information content (AvgIpc) is 2.36. The minimum atomic E-state index is -0.132. The van der Waals surface area contributed by atoms with E-state index in [1.807, 2.05) is 0 Å². The van der Waals surface area contributed by atoms with Crippen LogP contribution in [-0.4, -0.2) is 41.5 Å². The fourth-order valence-electron chi connectivity index (χ4n) is 1.99. The maximum atomic E-state index is 11.9. The van der Waals surface area contributed by atoms with Crippen molar-refractivity contribution in [1.82, 2.24) is 9.88 Å². The van der Waals surface area contributed by atoms with E-state index in [-0.39, 0.29) is 11.9 Å². The molecule has 1 aliphatic rings. The van der Waals surface area contributed by atoms with Gasteiger partial charge >= 0.3 is 0 Å². The van der Waals surface area contributed by atoms with Crippen molar-refractivity contribution in [3.05, 3.63) is 22.3 Å². The number of anilines is 1. The van der Waals surface area contributed by atoms with Crippen LogP contribution in [-0.2, 0) is 4.79 Å². The fraction of sp³-hybridized carbons (Fsp3) is 0.500. The van der Waals surface area contributed by atoms with Crippen molar-refractivity contribution in [1.29, 1.82) is 0 Å². The summed E-state index contributed by atoms with van der Waals surface area (Å²) in [6.45, 7) is 2.01. The summed E-state index contributed by atoms with van der Waals surface area (Å²) >= 11 is 11.7. The molecule has 0 radical (unpaired) electrons. The first-order valence-corrected chi connectivity index (χ1v) is 6.89. The summed E-state index contributed by atoms with van der Waals surface area (Å²) in [4.78, 5) is 17.9. The minimum absolute atomic E-state index is 0.132. The summed E-state index contributed by atoms with van der Waals surface area (Å²) in [7, 11) is 0. The molecule has 2 rings (SSSR count). The molecule has 1 aromatic heterocycles. The monoisotopic (exact) mass is 302 g/mol. The van der Waals surface area contributed by atoms with E-state index in [0.29, 0.717) is 22.4 Å². The molecule has 7 heteroatoms. The number of piperidine rings is 1. The molecule has 3 N–H and O–H groups in total. The molecule has 0 atom stereocenters. The Morgan fingerprint density at radius 1 is 1.47 bits per heavy atom. The van der Waals surface area contributed by atoms with Crippen LogP contribution in [0.5, 0.6) is 0 Å². The van der Waals surface area contributed by atoms with Gasteiger partial charge < -0.3 is 11.1 Å². The van der Waals surface area contributed by atoms with Crippen LogP contribution >= 0.6 is 23.2 Å². The Kier molecular flexibility index (Phi) is 4.99. The second-order valence-electron chi connectivity index (χ2n) is 4.65. The molecule has 104 valence electrons. The SMILES string of the molecule is NC1CCN(CC(=O)Nc2ncc(Cl)cc2Cl)CC1. The van der Waals surface area contributed by atoms with Gasteiger partial charge in [0.25, 0.3) is 0 Å². The molecule has 0 aliphatic carbocycles. The van der Waals surface area contributed by atoms with Crippen LogP contribution in [0.4, 0.5) is 5.82 Å². The third-order valence-electron chi connectivity index (χ3n) is 3.07. The maximum Gasteiger partial charge on any atom is 0.239 e. The summed E-state index contributed by atoms with van der Waals surface area (Å²) in [5.41, 5.74) is 5.82. The van der Waals surface area contributed by atoms with Gasteiger partial charge in [0.1, 0.15) is 0 Å². The molecule has 0 spiro atoms. The van der Waals surface area contributed by atoms with Gasteiger partial charge in [0.2, 0.25) is 5.91 Å². The lowest BCUT2D eigenvalue weighted by Gasteiger charge is -2.29. The van der Waals surface area contributed by atoms with Gasteiger partial charge in [0, 0.05) is 25.3 Å². The maximum absolute atomic E-state index is 11.9. The quantitative estimate of drug-likeness (QED) is 0.892. The number of rotatable bonds is 3. The molecule has 0 aromatic carbocycles. The molecule has 1 amide bonds. The first kappa shape index (κ1) is 14.5. The number of amides is 1. The molecule has 0 bridgehead atoms. The number of likely N-dealkylation sites (tertiary alicyclic amines) is 1. The van der Waals surface area contributed by atoms with E-state index in [9.17, 15) is 4.79 Å². The van der Waals surface area contributed by atoms with Gasteiger partial charge in [0.05, 0.1) is 16.6 Å². The molecule has 0 unspecified atom stereocenters. The first-order chi connectivity index (χ1) is 9.04. The van der Waals surface area contributed by atoms with Gasteiger partial charge in [-0.25, -0.2) is 4.98 Å². The van der Waals surface area contributed by atoms with Crippen LogP contribution in [0.3, 0.4) is 0 Å². The largest absolute Gasteiger partial charge is 0.328 e. The Labute approximate surface area is 122 Å². The number of nitrogens with two attached hydrogens (primary N) is 1. The summed E-state index contributed by atoms with van der Waals surface area (Å²) in [6, 6.07) is 1.80. The zero-order valence-electron chi connectivity index (χ0n) is 10.4. The van der Waals surface area contributed by atoms with Crippen LogP contribution < -0.4 is 11.1 Å². The number of aromatic nitrogens is 1. The van der Waals surface area contributed by atoms with E-state index < -0.39 is 0 Å². The highest BCUT2D eigenvalue weighted by atomic mass is 35.5. The summed E-state index contributed by atoms with van der Waals surface area (Å²) in [5, 5.41) is 3.46. The van der Waals surface area contributed by atoms with Crippen molar-refractivity contribution in [2.45, 2.75) is 18.9 Å². The minimum Gasteiger partial charge on any atom is -0.328 e. The Bertz CT molecular complexity index is 461. The number of nitrogens with zero attached hydrogens (tertiary/aromatic N) is 2. The number of nitrogens with one attached hydrogen (secondary N) is 1. The Balaban J connectivity index is 1.87. The fourth-order valence-corrected chi connectivity index (χ4v) is 2.42. The van der Waals surface area contributed by atoms with Crippen molar-refractivity contribution >= 4 is 34.9 Å². The van der Waals surface area contributed by atoms with Gasteiger partial charge in [-0.1, -0.05) is 23.2 Å². The van der Waals surface area contributed by atoms with Crippen LogP contribution in [0, 0.1) is 0 Å². The second kappa shape index (κ2) is 6.52. The lowest BCUT2D eigenvalue weighted by Crippen LogP contribution is -2.43. The number of carbonyl (C=O) groups excluding carboxylic acids is 1. The lowest BCUT2D eigenvalue weighted by atomic mass is 10.1. The van der Waals surface area contributed by atoms with Crippen molar-refractivity contribution in [3.63, 3.8) is 0 Å². The first-order valence-electron chi connectivity index (χ1n) is 6.13. The van der Waals surface area contributed by atoms with E-state index in [2.05, 4.69) is 15.2 Å². The zero-order chi connectivity index (χ0) is 13.8. The summed E-state index contributed by atoms with van der Waals surface area (Å²) < 4.78 is 0. The van der Waals surface area contributed by atoms with E-state index >= 15 is 0 Å². The standard InChI is InChI=1S/C12H16Cl2N4O/c13-8-5-10(14)12(16-6-8)17-11(19)7-18-3-1-9(15)2-4-18/h5-6,9H,1-4,7,15H2,(H,16,17,19). The lowest BCUT2D eigenvalue weighted by molar-refractivity contribution is -0.117. The molecule has 1 fully saturated rings. The molecule has 1 saturated heterocycles. The summed E-state index contributed by atoms with van der Waals surface area (Å²) in [6.07, 6.45) is 3.30. The number of carbonyl (C=O) groups is 1. The van der Waals surface area contributed by atoms with Gasteiger partial charge in [-0.3, -0.25) is 9.69 Å². The number of halogens is 2. The van der Waals surface area contributed by atoms with E-state index in [1.54, 1.807) is 6.07 Å².